The van der Waals surface area contributed by atoms with E-state index in [-0.39, 0.29) is 52.6 Å². The molecule has 7 rings (SSSR count). The number of rotatable bonds is 5. The predicted octanol–water partition coefficient (Wildman–Crippen LogP) is 5.20. The molecule has 0 amide bonds. The highest BCUT2D eigenvalue weighted by Gasteiger charge is 2.65. The average molecular weight is 537 g/mol. The van der Waals surface area contributed by atoms with Crippen LogP contribution in [-0.2, 0) is 14.3 Å². The van der Waals surface area contributed by atoms with Gasteiger partial charge < -0.3 is 9.47 Å². The third-order valence-electron chi connectivity index (χ3n) is 10.7. The molecular weight excluding hydrogens is 498 g/mol. The number of piperazine rings is 1. The number of nitrogens with zero attached hydrogens (tertiary/aromatic N) is 2. The van der Waals surface area contributed by atoms with Gasteiger partial charge in [-0.05, 0) is 78.8 Å². The molecule has 2 aromatic carbocycles. The number of carbonyl (C=O) groups is 1. The van der Waals surface area contributed by atoms with Crippen LogP contribution in [0.1, 0.15) is 56.2 Å². The maximum Gasteiger partial charge on any atom is 0.310 e. The summed E-state index contributed by atoms with van der Waals surface area (Å²) in [5.74, 6) is 0.182. The molecule has 2 aliphatic carbocycles. The van der Waals surface area contributed by atoms with E-state index in [4.69, 9.17) is 9.47 Å². The topological polar surface area (TPSA) is 45.3 Å². The summed E-state index contributed by atoms with van der Waals surface area (Å²) in [4.78, 5) is 17.9. The standard InChI is InChI=1S/C32H38F2N2O3/c1-31-11-2-12-32(20-38-32)28(31)17-25-26(30(37)39-27(25)18-31)19-35-13-15-36(16-14-35)29(21-3-7-23(33)8-4-21)22-5-9-24(34)10-6-22/h3-10,25-29H,2,11-20H2,1H3/t25-,26-,27-,28-,31-,32-/m1/s1. The van der Waals surface area contributed by atoms with E-state index in [9.17, 15) is 13.6 Å². The van der Waals surface area contributed by atoms with Crippen molar-refractivity contribution < 1.29 is 23.0 Å². The Labute approximate surface area is 229 Å². The van der Waals surface area contributed by atoms with Crippen LogP contribution in [0, 0.1) is 34.8 Å². The van der Waals surface area contributed by atoms with Crippen molar-refractivity contribution in [1.82, 2.24) is 9.80 Å². The van der Waals surface area contributed by atoms with E-state index in [1.54, 1.807) is 0 Å². The number of ether oxygens (including phenoxy) is 2. The number of fused-ring (bicyclic) bond motifs is 3. The van der Waals surface area contributed by atoms with Crippen LogP contribution in [0.3, 0.4) is 0 Å². The van der Waals surface area contributed by atoms with Gasteiger partial charge in [0.1, 0.15) is 17.7 Å². The van der Waals surface area contributed by atoms with Crippen molar-refractivity contribution in [1.29, 1.82) is 0 Å². The molecule has 7 heteroatoms. The number of hydrogen-bond donors (Lipinski definition) is 0. The minimum atomic E-state index is -0.265. The fourth-order valence-corrected chi connectivity index (χ4v) is 8.55. The van der Waals surface area contributed by atoms with Crippen LogP contribution in [0.5, 0.6) is 0 Å². The summed E-state index contributed by atoms with van der Waals surface area (Å²) in [6.07, 6.45) is 5.63. The number of epoxide rings is 1. The van der Waals surface area contributed by atoms with Crippen molar-refractivity contribution in [2.75, 3.05) is 39.3 Å². The molecule has 0 unspecified atom stereocenters. The molecule has 6 atom stereocenters. The third-order valence-corrected chi connectivity index (χ3v) is 10.7. The quantitative estimate of drug-likeness (QED) is 0.388. The van der Waals surface area contributed by atoms with Gasteiger partial charge in [-0.15, -0.1) is 0 Å². The van der Waals surface area contributed by atoms with Crippen molar-refractivity contribution in [2.24, 2.45) is 23.2 Å². The first-order valence-corrected chi connectivity index (χ1v) is 14.7. The van der Waals surface area contributed by atoms with E-state index in [1.807, 2.05) is 24.3 Å². The average Bonchev–Trinajstić information content (AvgIpc) is 3.63. The molecule has 3 saturated heterocycles. The number of benzene rings is 2. The zero-order valence-electron chi connectivity index (χ0n) is 22.7. The van der Waals surface area contributed by atoms with Gasteiger partial charge in [0.2, 0.25) is 0 Å². The number of hydrogen-bond acceptors (Lipinski definition) is 5. The van der Waals surface area contributed by atoms with Crippen molar-refractivity contribution >= 4 is 5.97 Å². The maximum absolute atomic E-state index is 13.7. The van der Waals surface area contributed by atoms with E-state index < -0.39 is 0 Å². The Hall–Kier alpha value is -2.35. The molecule has 5 fully saturated rings. The molecule has 0 N–H and O–H groups in total. The van der Waals surface area contributed by atoms with Crippen LogP contribution in [-0.4, -0.2) is 66.8 Å². The molecule has 3 heterocycles. The summed E-state index contributed by atoms with van der Waals surface area (Å²) < 4.78 is 39.5. The van der Waals surface area contributed by atoms with Gasteiger partial charge in [-0.2, -0.15) is 0 Å². The second kappa shape index (κ2) is 9.64. The van der Waals surface area contributed by atoms with Crippen molar-refractivity contribution in [2.45, 2.75) is 56.8 Å². The molecule has 0 aromatic heterocycles. The van der Waals surface area contributed by atoms with Crippen LogP contribution in [0.25, 0.3) is 0 Å². The zero-order chi connectivity index (χ0) is 26.8. The Morgan fingerprint density at radius 1 is 0.949 bits per heavy atom. The van der Waals surface area contributed by atoms with Gasteiger partial charge >= 0.3 is 5.97 Å². The molecule has 5 aliphatic rings. The summed E-state index contributed by atoms with van der Waals surface area (Å²) in [7, 11) is 0. The van der Waals surface area contributed by atoms with Crippen LogP contribution in [0.2, 0.25) is 0 Å². The van der Waals surface area contributed by atoms with Gasteiger partial charge in [-0.1, -0.05) is 31.2 Å². The molecule has 0 bridgehead atoms. The number of halogens is 2. The van der Waals surface area contributed by atoms with Gasteiger partial charge in [-0.3, -0.25) is 14.6 Å². The molecule has 2 saturated carbocycles. The number of esters is 1. The van der Waals surface area contributed by atoms with Crippen molar-refractivity contribution in [3.05, 3.63) is 71.3 Å². The van der Waals surface area contributed by atoms with Crippen molar-refractivity contribution in [3.63, 3.8) is 0 Å². The molecule has 39 heavy (non-hydrogen) atoms. The molecular formula is C32H38F2N2O3. The van der Waals surface area contributed by atoms with Crippen LogP contribution >= 0.6 is 0 Å². The Morgan fingerprint density at radius 3 is 2.15 bits per heavy atom. The Balaban J connectivity index is 1.04. The van der Waals surface area contributed by atoms with Gasteiger partial charge in [0, 0.05) is 38.6 Å². The van der Waals surface area contributed by atoms with Gasteiger partial charge in [0.15, 0.2) is 0 Å². The number of carbonyl (C=O) groups excluding carboxylic acids is 1. The SMILES string of the molecule is C[C@]12CCC[C@@]3(CO3)[C@@H]1C[C@H]1[C@@H](C2)OC(=O)[C@@H]1CN1CCN(C(c2ccc(F)cc2)c2ccc(F)cc2)CC1. The molecule has 2 aromatic rings. The largest absolute Gasteiger partial charge is 0.462 e. The highest BCUT2D eigenvalue weighted by molar-refractivity contribution is 5.75. The van der Waals surface area contributed by atoms with Crippen LogP contribution in [0.15, 0.2) is 48.5 Å². The monoisotopic (exact) mass is 536 g/mol. The van der Waals surface area contributed by atoms with Gasteiger partial charge in [0.25, 0.3) is 0 Å². The fraction of sp³-hybridized carbons (Fsp3) is 0.594. The molecule has 3 aliphatic heterocycles. The summed E-state index contributed by atoms with van der Waals surface area (Å²) in [5, 5.41) is 0. The zero-order valence-corrected chi connectivity index (χ0v) is 22.7. The minimum Gasteiger partial charge on any atom is -0.462 e. The smallest absolute Gasteiger partial charge is 0.310 e. The van der Waals surface area contributed by atoms with Gasteiger partial charge in [-0.25, -0.2) is 8.78 Å². The second-order valence-electron chi connectivity index (χ2n) is 12.9. The van der Waals surface area contributed by atoms with Crippen molar-refractivity contribution in [3.8, 4) is 0 Å². The first-order valence-electron chi connectivity index (χ1n) is 14.7. The Morgan fingerprint density at radius 2 is 1.56 bits per heavy atom. The van der Waals surface area contributed by atoms with Gasteiger partial charge in [0.05, 0.1) is 24.2 Å². The summed E-state index contributed by atoms with van der Waals surface area (Å²) in [6.45, 7) is 7.33. The highest BCUT2D eigenvalue weighted by Crippen LogP contribution is 2.62. The van der Waals surface area contributed by atoms with E-state index in [0.29, 0.717) is 5.92 Å². The van der Waals surface area contributed by atoms with E-state index >= 15 is 0 Å². The first kappa shape index (κ1) is 25.6. The maximum atomic E-state index is 13.7. The predicted molar refractivity (Wildman–Crippen MR) is 143 cm³/mol. The fourth-order valence-electron chi connectivity index (χ4n) is 8.55. The Bertz CT molecular complexity index is 1160. The van der Waals surface area contributed by atoms with Crippen LogP contribution < -0.4 is 0 Å². The van der Waals surface area contributed by atoms with E-state index in [0.717, 1.165) is 69.7 Å². The summed E-state index contributed by atoms with van der Waals surface area (Å²) in [6, 6.07) is 13.2. The molecule has 208 valence electrons. The van der Waals surface area contributed by atoms with Crippen LogP contribution in [0.4, 0.5) is 8.78 Å². The lowest BCUT2D eigenvalue weighted by molar-refractivity contribution is -0.147. The summed E-state index contributed by atoms with van der Waals surface area (Å²) in [5.41, 5.74) is 2.27. The minimum absolute atomic E-state index is 0.0176. The summed E-state index contributed by atoms with van der Waals surface area (Å²) >= 11 is 0. The second-order valence-corrected chi connectivity index (χ2v) is 12.9. The molecule has 5 nitrogen and oxygen atoms in total. The lowest BCUT2D eigenvalue weighted by Crippen LogP contribution is -2.52. The normalized spacial score (nSPS) is 36.6. The van der Waals surface area contributed by atoms with E-state index in [2.05, 4.69) is 16.7 Å². The molecule has 0 radical (unpaired) electrons. The highest BCUT2D eigenvalue weighted by atomic mass is 19.1. The third kappa shape index (κ3) is 4.60. The lowest BCUT2D eigenvalue weighted by atomic mass is 9.53. The first-order chi connectivity index (χ1) is 18.8. The molecule has 1 spiro atoms. The lowest BCUT2D eigenvalue weighted by Gasteiger charge is -2.51. The Kier molecular flexibility index (Phi) is 6.33. The van der Waals surface area contributed by atoms with E-state index in [1.165, 1.54) is 37.1 Å².